The molecular weight excluding hydrogens is 211 g/mol. The standard InChI is InChI=1S/C11H15FN2O2/c1-14-11(9(13)6-10(15)16)7-4-2-3-5-8(7)12/h2-5,9,11,14H,6,13H2,1H3,(H,15,16). The van der Waals surface area contributed by atoms with Gasteiger partial charge < -0.3 is 16.2 Å². The van der Waals surface area contributed by atoms with Crippen LogP contribution in [-0.4, -0.2) is 24.2 Å². The molecule has 2 atom stereocenters. The molecule has 0 aliphatic carbocycles. The second-order valence-electron chi connectivity index (χ2n) is 3.55. The second-order valence-corrected chi connectivity index (χ2v) is 3.55. The van der Waals surface area contributed by atoms with E-state index in [-0.39, 0.29) is 12.2 Å². The lowest BCUT2D eigenvalue weighted by atomic mass is 9.97. The molecule has 1 rings (SSSR count). The van der Waals surface area contributed by atoms with Gasteiger partial charge in [-0.3, -0.25) is 4.79 Å². The van der Waals surface area contributed by atoms with Crippen molar-refractivity contribution in [1.82, 2.24) is 5.32 Å². The van der Waals surface area contributed by atoms with E-state index in [4.69, 9.17) is 10.8 Å². The van der Waals surface area contributed by atoms with Gasteiger partial charge in [-0.2, -0.15) is 0 Å². The Balaban J connectivity index is 2.90. The van der Waals surface area contributed by atoms with Gasteiger partial charge in [-0.1, -0.05) is 18.2 Å². The Kier molecular flexibility index (Phi) is 4.39. The number of carboxylic acid groups (broad SMARTS) is 1. The van der Waals surface area contributed by atoms with Crippen molar-refractivity contribution in [3.63, 3.8) is 0 Å². The van der Waals surface area contributed by atoms with Gasteiger partial charge in [0.1, 0.15) is 5.82 Å². The van der Waals surface area contributed by atoms with Gasteiger partial charge in [-0.15, -0.1) is 0 Å². The van der Waals surface area contributed by atoms with E-state index in [1.54, 1.807) is 25.2 Å². The number of hydrogen-bond donors (Lipinski definition) is 3. The summed E-state index contributed by atoms with van der Waals surface area (Å²) >= 11 is 0. The molecule has 0 bridgehead atoms. The van der Waals surface area contributed by atoms with E-state index in [2.05, 4.69) is 5.32 Å². The maximum Gasteiger partial charge on any atom is 0.304 e. The zero-order valence-corrected chi connectivity index (χ0v) is 8.98. The molecule has 0 spiro atoms. The lowest BCUT2D eigenvalue weighted by Gasteiger charge is -2.23. The first kappa shape index (κ1) is 12.6. The van der Waals surface area contributed by atoms with Crippen LogP contribution in [0.25, 0.3) is 0 Å². The minimum atomic E-state index is -0.996. The van der Waals surface area contributed by atoms with Gasteiger partial charge in [0.25, 0.3) is 0 Å². The molecule has 0 aliphatic heterocycles. The fourth-order valence-corrected chi connectivity index (χ4v) is 1.65. The zero-order valence-electron chi connectivity index (χ0n) is 8.98. The molecule has 88 valence electrons. The summed E-state index contributed by atoms with van der Waals surface area (Å²) in [6.07, 6.45) is -0.208. The maximum absolute atomic E-state index is 13.5. The van der Waals surface area contributed by atoms with Gasteiger partial charge >= 0.3 is 5.97 Å². The van der Waals surface area contributed by atoms with E-state index in [0.29, 0.717) is 5.56 Å². The highest BCUT2D eigenvalue weighted by molar-refractivity contribution is 5.67. The minimum absolute atomic E-state index is 0.208. The summed E-state index contributed by atoms with van der Waals surface area (Å²) in [4.78, 5) is 10.5. The Labute approximate surface area is 93.3 Å². The van der Waals surface area contributed by atoms with Gasteiger partial charge in [-0.05, 0) is 13.1 Å². The molecule has 5 heteroatoms. The van der Waals surface area contributed by atoms with Crippen molar-refractivity contribution in [2.75, 3.05) is 7.05 Å². The average molecular weight is 226 g/mol. The Bertz CT molecular complexity index is 371. The summed E-state index contributed by atoms with van der Waals surface area (Å²) in [6.45, 7) is 0. The second kappa shape index (κ2) is 5.58. The van der Waals surface area contributed by atoms with Crippen LogP contribution in [0.1, 0.15) is 18.0 Å². The fraction of sp³-hybridized carbons (Fsp3) is 0.364. The van der Waals surface area contributed by atoms with Crippen LogP contribution in [0.15, 0.2) is 24.3 Å². The molecule has 1 aromatic rings. The van der Waals surface area contributed by atoms with E-state index in [9.17, 15) is 9.18 Å². The number of benzene rings is 1. The van der Waals surface area contributed by atoms with Crippen LogP contribution in [0, 0.1) is 5.82 Å². The van der Waals surface area contributed by atoms with Gasteiger partial charge in [0.2, 0.25) is 0 Å². The van der Waals surface area contributed by atoms with Crippen molar-refractivity contribution in [1.29, 1.82) is 0 Å². The van der Waals surface area contributed by atoms with Crippen molar-refractivity contribution in [3.05, 3.63) is 35.6 Å². The van der Waals surface area contributed by atoms with Gasteiger partial charge in [-0.25, -0.2) is 4.39 Å². The predicted octanol–water partition coefficient (Wildman–Crippen LogP) is 0.888. The van der Waals surface area contributed by atoms with Crippen molar-refractivity contribution in [2.24, 2.45) is 5.73 Å². The summed E-state index contributed by atoms with van der Waals surface area (Å²) in [5.41, 5.74) is 6.11. The van der Waals surface area contributed by atoms with Crippen LogP contribution in [0.4, 0.5) is 4.39 Å². The average Bonchev–Trinajstić information content (AvgIpc) is 2.20. The summed E-state index contributed by atoms with van der Waals surface area (Å²) in [5.74, 6) is -1.38. The highest BCUT2D eigenvalue weighted by Gasteiger charge is 2.22. The van der Waals surface area contributed by atoms with Crippen molar-refractivity contribution < 1.29 is 14.3 Å². The molecule has 0 aliphatic rings. The fourth-order valence-electron chi connectivity index (χ4n) is 1.65. The number of hydrogen-bond acceptors (Lipinski definition) is 3. The predicted molar refractivity (Wildman–Crippen MR) is 58.4 cm³/mol. The van der Waals surface area contributed by atoms with Gasteiger partial charge in [0.15, 0.2) is 0 Å². The summed E-state index contributed by atoms with van der Waals surface area (Å²) in [5, 5.41) is 11.5. The normalized spacial score (nSPS) is 14.4. The molecular formula is C11H15FN2O2. The molecule has 0 saturated heterocycles. The molecule has 0 heterocycles. The largest absolute Gasteiger partial charge is 0.481 e. The number of nitrogens with two attached hydrogens (primary N) is 1. The summed E-state index contributed by atoms with van der Waals surface area (Å²) in [7, 11) is 1.62. The van der Waals surface area contributed by atoms with E-state index in [1.807, 2.05) is 0 Å². The smallest absolute Gasteiger partial charge is 0.304 e. The molecule has 4 nitrogen and oxygen atoms in total. The molecule has 0 saturated carbocycles. The van der Waals surface area contributed by atoms with E-state index >= 15 is 0 Å². The first-order chi connectivity index (χ1) is 7.56. The first-order valence-electron chi connectivity index (χ1n) is 4.95. The molecule has 0 amide bonds. The van der Waals surface area contributed by atoms with Gasteiger partial charge in [0, 0.05) is 11.6 Å². The van der Waals surface area contributed by atoms with E-state index < -0.39 is 18.1 Å². The molecule has 1 aromatic carbocycles. The van der Waals surface area contributed by atoms with Crippen molar-refractivity contribution >= 4 is 5.97 Å². The van der Waals surface area contributed by atoms with Crippen LogP contribution >= 0.6 is 0 Å². The van der Waals surface area contributed by atoms with Crippen LogP contribution < -0.4 is 11.1 Å². The quantitative estimate of drug-likeness (QED) is 0.697. The Hall–Kier alpha value is -1.46. The van der Waals surface area contributed by atoms with Gasteiger partial charge in [0.05, 0.1) is 12.5 Å². The van der Waals surface area contributed by atoms with Crippen LogP contribution in [0.2, 0.25) is 0 Å². The van der Waals surface area contributed by atoms with E-state index in [1.165, 1.54) is 6.07 Å². The number of nitrogens with one attached hydrogen (secondary N) is 1. The van der Waals surface area contributed by atoms with E-state index in [0.717, 1.165) is 0 Å². The topological polar surface area (TPSA) is 75.3 Å². The third kappa shape index (κ3) is 3.01. The lowest BCUT2D eigenvalue weighted by Crippen LogP contribution is -2.38. The maximum atomic E-state index is 13.5. The minimum Gasteiger partial charge on any atom is -0.481 e. The first-order valence-corrected chi connectivity index (χ1v) is 4.95. The molecule has 2 unspecified atom stereocenters. The SMILES string of the molecule is CNC(c1ccccc1F)C(N)CC(=O)O. The molecule has 0 fully saturated rings. The molecule has 4 N–H and O–H groups in total. The van der Waals surface area contributed by atoms with Crippen molar-refractivity contribution in [3.8, 4) is 0 Å². The third-order valence-corrected chi connectivity index (χ3v) is 2.39. The van der Waals surface area contributed by atoms with Crippen LogP contribution in [-0.2, 0) is 4.79 Å². The number of carbonyl (C=O) groups is 1. The zero-order chi connectivity index (χ0) is 12.1. The Morgan fingerprint density at radius 2 is 2.19 bits per heavy atom. The highest BCUT2D eigenvalue weighted by Crippen LogP contribution is 2.20. The Morgan fingerprint density at radius 3 is 2.69 bits per heavy atom. The number of rotatable bonds is 5. The molecule has 0 aromatic heterocycles. The Morgan fingerprint density at radius 1 is 1.56 bits per heavy atom. The molecule has 0 radical (unpaired) electrons. The highest BCUT2D eigenvalue weighted by atomic mass is 19.1. The number of aliphatic carboxylic acids is 1. The number of carboxylic acids is 1. The van der Waals surface area contributed by atoms with Crippen LogP contribution in [0.3, 0.4) is 0 Å². The third-order valence-electron chi connectivity index (χ3n) is 2.39. The monoisotopic (exact) mass is 226 g/mol. The summed E-state index contributed by atoms with van der Waals surface area (Å²) < 4.78 is 13.5. The number of halogens is 1. The summed E-state index contributed by atoms with van der Waals surface area (Å²) in [6, 6.07) is 5.02. The molecule has 16 heavy (non-hydrogen) atoms. The number of likely N-dealkylation sites (N-methyl/N-ethyl adjacent to an activating group) is 1. The lowest BCUT2D eigenvalue weighted by molar-refractivity contribution is -0.137. The van der Waals surface area contributed by atoms with Crippen LogP contribution in [0.5, 0.6) is 0 Å². The van der Waals surface area contributed by atoms with Crippen molar-refractivity contribution in [2.45, 2.75) is 18.5 Å².